The highest BCUT2D eigenvalue weighted by atomic mass is 16.5. The highest BCUT2D eigenvalue weighted by molar-refractivity contribution is 5.60. The molecular weight excluding hydrogens is 282 g/mol. The second kappa shape index (κ2) is 7.13. The van der Waals surface area contributed by atoms with E-state index in [1.807, 2.05) is 13.0 Å². The third kappa shape index (κ3) is 2.85. The molecule has 118 valence electrons. The van der Waals surface area contributed by atoms with Gasteiger partial charge in [-0.25, -0.2) is 0 Å². The summed E-state index contributed by atoms with van der Waals surface area (Å²) in [5, 5.41) is 10.7. The first-order chi connectivity index (χ1) is 10.7. The number of benzene rings is 1. The Labute approximate surface area is 130 Å². The summed E-state index contributed by atoms with van der Waals surface area (Å²) >= 11 is 0. The summed E-state index contributed by atoms with van der Waals surface area (Å²) in [5.74, 6) is 1.66. The van der Waals surface area contributed by atoms with Crippen molar-refractivity contribution in [2.75, 3.05) is 21.3 Å². The molecule has 22 heavy (non-hydrogen) atoms. The first kappa shape index (κ1) is 16.1. The lowest BCUT2D eigenvalue weighted by molar-refractivity contribution is 0.206. The molecule has 5 nitrogen and oxygen atoms in total. The molecule has 1 heterocycles. The first-order valence-corrected chi connectivity index (χ1v) is 7.07. The Morgan fingerprint density at radius 3 is 2.36 bits per heavy atom. The number of nitrogens with zero attached hydrogens (tertiary/aromatic N) is 1. The van der Waals surface area contributed by atoms with Gasteiger partial charge in [0.15, 0.2) is 11.5 Å². The Morgan fingerprint density at radius 1 is 1.14 bits per heavy atom. The van der Waals surface area contributed by atoms with Gasteiger partial charge in [0.05, 0.1) is 26.9 Å². The Kier molecular flexibility index (Phi) is 5.22. The first-order valence-electron chi connectivity index (χ1n) is 7.07. The van der Waals surface area contributed by atoms with Crippen LogP contribution in [0.5, 0.6) is 17.2 Å². The normalized spacial score (nSPS) is 11.9. The topological polar surface area (TPSA) is 60.8 Å². The van der Waals surface area contributed by atoms with Gasteiger partial charge in [0.1, 0.15) is 11.9 Å². The molecular formula is C17H21NO4. The monoisotopic (exact) mass is 303 g/mol. The molecule has 1 aromatic carbocycles. The van der Waals surface area contributed by atoms with Gasteiger partial charge in [-0.1, -0.05) is 13.0 Å². The van der Waals surface area contributed by atoms with Crippen molar-refractivity contribution in [3.63, 3.8) is 0 Å². The zero-order valence-electron chi connectivity index (χ0n) is 13.3. The average molecular weight is 303 g/mol. The Bertz CT molecular complexity index is 628. The number of hydrogen-bond donors (Lipinski definition) is 1. The number of hydrogen-bond acceptors (Lipinski definition) is 5. The Balaban J connectivity index is 2.67. The average Bonchev–Trinajstić information content (AvgIpc) is 2.59. The highest BCUT2D eigenvalue weighted by Gasteiger charge is 2.26. The zero-order valence-corrected chi connectivity index (χ0v) is 13.3. The Hall–Kier alpha value is -2.27. The van der Waals surface area contributed by atoms with E-state index in [1.165, 1.54) is 0 Å². The van der Waals surface area contributed by atoms with Crippen molar-refractivity contribution in [3.8, 4) is 17.2 Å². The van der Waals surface area contributed by atoms with E-state index in [2.05, 4.69) is 4.98 Å². The minimum absolute atomic E-state index is 0.482. The van der Waals surface area contributed by atoms with Gasteiger partial charge in [-0.15, -0.1) is 0 Å². The fourth-order valence-corrected chi connectivity index (χ4v) is 2.50. The highest BCUT2D eigenvalue weighted by Crippen LogP contribution is 2.45. The lowest BCUT2D eigenvalue weighted by Crippen LogP contribution is -2.08. The van der Waals surface area contributed by atoms with Crippen LogP contribution in [-0.2, 0) is 6.42 Å². The van der Waals surface area contributed by atoms with Crippen LogP contribution in [0.15, 0.2) is 30.6 Å². The van der Waals surface area contributed by atoms with Gasteiger partial charge in [-0.05, 0) is 18.6 Å². The minimum atomic E-state index is -0.918. The summed E-state index contributed by atoms with van der Waals surface area (Å²) < 4.78 is 16.4. The van der Waals surface area contributed by atoms with Crippen LogP contribution < -0.4 is 14.2 Å². The summed E-state index contributed by atoms with van der Waals surface area (Å²) in [6.07, 6.45) is 3.12. The number of aryl methyl sites for hydroxylation is 1. The maximum atomic E-state index is 10.7. The number of ether oxygens (including phenoxy) is 3. The molecule has 0 saturated heterocycles. The number of aromatic nitrogens is 1. The molecule has 2 rings (SSSR count). The molecule has 0 aliphatic heterocycles. The summed E-state index contributed by atoms with van der Waals surface area (Å²) in [6.45, 7) is 2.02. The standard InChI is InChI=1S/C17H21NO4/c1-5-11-9-13(20-2)14(17(22-4)16(11)21-3)15(19)12-7-6-8-18-10-12/h6-10,15,19H,5H2,1-4H3. The van der Waals surface area contributed by atoms with Crippen molar-refractivity contribution in [2.24, 2.45) is 0 Å². The van der Waals surface area contributed by atoms with Gasteiger partial charge in [0.25, 0.3) is 0 Å². The van der Waals surface area contributed by atoms with Crippen LogP contribution in [0.25, 0.3) is 0 Å². The van der Waals surface area contributed by atoms with Crippen molar-refractivity contribution in [3.05, 3.63) is 47.3 Å². The molecule has 0 bridgehead atoms. The molecule has 1 atom stereocenters. The summed E-state index contributed by atoms with van der Waals surface area (Å²) in [6, 6.07) is 5.45. The van der Waals surface area contributed by atoms with Crippen LogP contribution in [0.2, 0.25) is 0 Å². The van der Waals surface area contributed by atoms with E-state index >= 15 is 0 Å². The number of pyridine rings is 1. The maximum absolute atomic E-state index is 10.7. The number of aliphatic hydroxyl groups is 1. The molecule has 0 fully saturated rings. The largest absolute Gasteiger partial charge is 0.496 e. The van der Waals surface area contributed by atoms with Crippen LogP contribution in [0.4, 0.5) is 0 Å². The SMILES string of the molecule is CCc1cc(OC)c(C(O)c2cccnc2)c(OC)c1OC. The van der Waals surface area contributed by atoms with E-state index in [0.29, 0.717) is 28.4 Å². The van der Waals surface area contributed by atoms with Gasteiger partial charge in [0.2, 0.25) is 0 Å². The van der Waals surface area contributed by atoms with E-state index in [4.69, 9.17) is 14.2 Å². The molecule has 2 aromatic rings. The van der Waals surface area contributed by atoms with E-state index in [0.717, 1.165) is 12.0 Å². The minimum Gasteiger partial charge on any atom is -0.496 e. The third-order valence-corrected chi connectivity index (χ3v) is 3.60. The lowest BCUT2D eigenvalue weighted by atomic mass is 9.97. The molecule has 0 aliphatic rings. The van der Waals surface area contributed by atoms with Crippen molar-refractivity contribution in [1.82, 2.24) is 4.98 Å². The smallest absolute Gasteiger partial charge is 0.170 e. The summed E-state index contributed by atoms with van der Waals surface area (Å²) in [4.78, 5) is 4.05. The van der Waals surface area contributed by atoms with E-state index in [-0.39, 0.29) is 0 Å². The molecule has 0 saturated carbocycles. The number of methoxy groups -OCH3 is 3. The molecule has 1 N–H and O–H groups in total. The summed E-state index contributed by atoms with van der Waals surface area (Å²) in [5.41, 5.74) is 2.15. The van der Waals surface area contributed by atoms with Gasteiger partial charge < -0.3 is 19.3 Å². The zero-order chi connectivity index (χ0) is 16.1. The fourth-order valence-electron chi connectivity index (χ4n) is 2.50. The van der Waals surface area contributed by atoms with Crippen LogP contribution >= 0.6 is 0 Å². The van der Waals surface area contributed by atoms with Crippen LogP contribution in [0.3, 0.4) is 0 Å². The van der Waals surface area contributed by atoms with Crippen molar-refractivity contribution < 1.29 is 19.3 Å². The second-order valence-electron chi connectivity index (χ2n) is 4.76. The van der Waals surface area contributed by atoms with Crippen molar-refractivity contribution >= 4 is 0 Å². The second-order valence-corrected chi connectivity index (χ2v) is 4.76. The van der Waals surface area contributed by atoms with Crippen molar-refractivity contribution in [1.29, 1.82) is 0 Å². The predicted octanol–water partition coefficient (Wildman–Crippen LogP) is 2.75. The summed E-state index contributed by atoms with van der Waals surface area (Å²) in [7, 11) is 4.71. The quantitative estimate of drug-likeness (QED) is 0.889. The molecule has 1 aromatic heterocycles. The molecule has 0 aliphatic carbocycles. The van der Waals surface area contributed by atoms with Crippen molar-refractivity contribution in [2.45, 2.75) is 19.4 Å². The van der Waals surface area contributed by atoms with Gasteiger partial charge in [-0.3, -0.25) is 4.98 Å². The van der Waals surface area contributed by atoms with Crippen LogP contribution in [0.1, 0.15) is 29.7 Å². The lowest BCUT2D eigenvalue weighted by Gasteiger charge is -2.22. The molecule has 0 radical (unpaired) electrons. The molecule has 5 heteroatoms. The van der Waals surface area contributed by atoms with Gasteiger partial charge in [0, 0.05) is 23.5 Å². The van der Waals surface area contributed by atoms with Gasteiger partial charge >= 0.3 is 0 Å². The van der Waals surface area contributed by atoms with Gasteiger partial charge in [-0.2, -0.15) is 0 Å². The van der Waals surface area contributed by atoms with Crippen LogP contribution in [-0.4, -0.2) is 31.4 Å². The number of rotatable bonds is 6. The Morgan fingerprint density at radius 2 is 1.86 bits per heavy atom. The van der Waals surface area contributed by atoms with E-state index in [9.17, 15) is 5.11 Å². The predicted molar refractivity (Wildman–Crippen MR) is 83.8 cm³/mol. The maximum Gasteiger partial charge on any atom is 0.170 e. The third-order valence-electron chi connectivity index (χ3n) is 3.60. The molecule has 0 spiro atoms. The van der Waals surface area contributed by atoms with Crippen LogP contribution in [0, 0.1) is 0 Å². The van der Waals surface area contributed by atoms with E-state index in [1.54, 1.807) is 45.9 Å². The molecule has 0 amide bonds. The molecule has 1 unspecified atom stereocenters. The fraction of sp³-hybridized carbons (Fsp3) is 0.353. The van der Waals surface area contributed by atoms with E-state index < -0.39 is 6.10 Å². The number of aliphatic hydroxyl groups excluding tert-OH is 1.